The van der Waals surface area contributed by atoms with Crippen molar-refractivity contribution in [2.24, 2.45) is 17.8 Å². The van der Waals surface area contributed by atoms with E-state index < -0.39 is 17.8 Å². The standard InChI is InChI=1S/C30H32N2O6/c1-36-24-9-4-20(25(37-2)26(24)38-3)13-23-27(33)31-29(35)32(28(23)34)22-7-5-21(6-8-22)30-14-17-10-18(15-30)12-19(11-17)16-30/h4-9,13,17-19H,10-12,14-16H2,1-3H3,(H,31,33,35)/b23-13+. The number of ether oxygens (including phenoxy) is 3. The molecule has 38 heavy (non-hydrogen) atoms. The summed E-state index contributed by atoms with van der Waals surface area (Å²) in [6.45, 7) is 0. The number of methoxy groups -OCH3 is 3. The smallest absolute Gasteiger partial charge is 0.335 e. The van der Waals surface area contributed by atoms with Crippen LogP contribution in [0.2, 0.25) is 0 Å². The molecule has 2 aromatic rings. The number of carbonyl (C=O) groups is 3. The van der Waals surface area contributed by atoms with E-state index in [1.54, 1.807) is 12.1 Å². The molecule has 4 amide bonds. The third kappa shape index (κ3) is 3.85. The maximum Gasteiger partial charge on any atom is 0.335 e. The predicted molar refractivity (Wildman–Crippen MR) is 141 cm³/mol. The number of nitrogens with one attached hydrogen (secondary N) is 1. The molecule has 8 heteroatoms. The van der Waals surface area contributed by atoms with Crippen molar-refractivity contribution in [1.82, 2.24) is 5.32 Å². The largest absolute Gasteiger partial charge is 0.493 e. The third-order valence-electron chi connectivity index (χ3n) is 8.91. The van der Waals surface area contributed by atoms with Crippen LogP contribution in [0.3, 0.4) is 0 Å². The Hall–Kier alpha value is -3.81. The van der Waals surface area contributed by atoms with E-state index in [0.717, 1.165) is 22.7 Å². The average Bonchev–Trinajstić information content (AvgIpc) is 2.90. The van der Waals surface area contributed by atoms with Gasteiger partial charge in [-0.05, 0) is 97.6 Å². The van der Waals surface area contributed by atoms with Gasteiger partial charge in [-0.15, -0.1) is 0 Å². The van der Waals surface area contributed by atoms with Crippen molar-refractivity contribution >= 4 is 29.6 Å². The molecule has 0 unspecified atom stereocenters. The number of urea groups is 1. The Kier molecular flexibility index (Phi) is 5.93. The van der Waals surface area contributed by atoms with E-state index in [1.165, 1.54) is 71.5 Å². The molecule has 7 rings (SSSR count). The topological polar surface area (TPSA) is 94.2 Å². The van der Waals surface area contributed by atoms with Crippen molar-refractivity contribution < 1.29 is 28.6 Å². The van der Waals surface area contributed by atoms with Crippen molar-refractivity contribution in [1.29, 1.82) is 0 Å². The first kappa shape index (κ1) is 24.5. The maximum atomic E-state index is 13.5. The number of hydrogen-bond donors (Lipinski definition) is 1. The average molecular weight is 517 g/mol. The summed E-state index contributed by atoms with van der Waals surface area (Å²) in [5.41, 5.74) is 2.20. The van der Waals surface area contributed by atoms with Crippen LogP contribution in [0.4, 0.5) is 10.5 Å². The lowest BCUT2D eigenvalue weighted by molar-refractivity contribution is -0.122. The number of anilines is 1. The minimum atomic E-state index is -0.765. The highest BCUT2D eigenvalue weighted by atomic mass is 16.5. The van der Waals surface area contributed by atoms with Crippen LogP contribution in [0.5, 0.6) is 17.2 Å². The number of imide groups is 2. The zero-order valence-electron chi connectivity index (χ0n) is 21.9. The molecular formula is C30H32N2O6. The minimum absolute atomic E-state index is 0.180. The van der Waals surface area contributed by atoms with Gasteiger partial charge in [-0.1, -0.05) is 12.1 Å². The zero-order chi connectivity index (χ0) is 26.6. The molecule has 0 spiro atoms. The van der Waals surface area contributed by atoms with Gasteiger partial charge in [-0.25, -0.2) is 9.69 Å². The first-order valence-corrected chi connectivity index (χ1v) is 13.2. The van der Waals surface area contributed by atoms with Gasteiger partial charge < -0.3 is 14.2 Å². The zero-order valence-corrected chi connectivity index (χ0v) is 21.9. The number of carbonyl (C=O) groups excluding carboxylic acids is 3. The molecule has 1 N–H and O–H groups in total. The summed E-state index contributed by atoms with van der Waals surface area (Å²) in [6.07, 6.45) is 9.21. The van der Waals surface area contributed by atoms with Gasteiger partial charge in [0.05, 0.1) is 27.0 Å². The van der Waals surface area contributed by atoms with Crippen molar-refractivity contribution in [3.63, 3.8) is 0 Å². The molecule has 4 saturated carbocycles. The molecule has 2 aromatic carbocycles. The lowest BCUT2D eigenvalue weighted by Crippen LogP contribution is -2.54. The van der Waals surface area contributed by atoms with Gasteiger partial charge in [0.1, 0.15) is 5.57 Å². The Morgan fingerprint density at radius 2 is 1.42 bits per heavy atom. The molecule has 4 bridgehead atoms. The van der Waals surface area contributed by atoms with Crippen molar-refractivity contribution in [3.8, 4) is 17.2 Å². The van der Waals surface area contributed by atoms with Crippen molar-refractivity contribution in [2.45, 2.75) is 43.9 Å². The fourth-order valence-corrected chi connectivity index (χ4v) is 7.71. The Balaban J connectivity index is 1.31. The summed E-state index contributed by atoms with van der Waals surface area (Å²) in [7, 11) is 4.44. The number of amides is 4. The molecule has 4 aliphatic carbocycles. The molecule has 0 atom stereocenters. The van der Waals surface area contributed by atoms with E-state index in [9.17, 15) is 14.4 Å². The van der Waals surface area contributed by atoms with Gasteiger partial charge in [0, 0.05) is 5.56 Å². The van der Waals surface area contributed by atoms with Crippen LogP contribution in [0, 0.1) is 17.8 Å². The van der Waals surface area contributed by atoms with Crippen molar-refractivity contribution in [2.75, 3.05) is 26.2 Å². The summed E-state index contributed by atoms with van der Waals surface area (Å²) in [6, 6.07) is 10.4. The number of barbiturate groups is 1. The van der Waals surface area contributed by atoms with Crippen LogP contribution >= 0.6 is 0 Å². The Morgan fingerprint density at radius 1 is 0.816 bits per heavy atom. The van der Waals surface area contributed by atoms with E-state index >= 15 is 0 Å². The first-order valence-electron chi connectivity index (χ1n) is 13.2. The highest BCUT2D eigenvalue weighted by molar-refractivity contribution is 6.39. The fourth-order valence-electron chi connectivity index (χ4n) is 7.71. The van der Waals surface area contributed by atoms with Gasteiger partial charge in [0.2, 0.25) is 5.75 Å². The first-order chi connectivity index (χ1) is 18.4. The van der Waals surface area contributed by atoms with E-state index in [-0.39, 0.29) is 11.0 Å². The Morgan fingerprint density at radius 3 is 1.97 bits per heavy atom. The molecule has 8 nitrogen and oxygen atoms in total. The summed E-state index contributed by atoms with van der Waals surface area (Å²) >= 11 is 0. The summed E-state index contributed by atoms with van der Waals surface area (Å²) in [5.74, 6) is 2.09. The number of benzene rings is 2. The minimum Gasteiger partial charge on any atom is -0.493 e. The van der Waals surface area contributed by atoms with Crippen LogP contribution in [0.25, 0.3) is 6.08 Å². The van der Waals surface area contributed by atoms with Crippen LogP contribution in [0.1, 0.15) is 49.7 Å². The van der Waals surface area contributed by atoms with Gasteiger partial charge in [0.15, 0.2) is 11.5 Å². The summed E-state index contributed by atoms with van der Waals surface area (Å²) in [5, 5.41) is 2.30. The molecule has 1 heterocycles. The van der Waals surface area contributed by atoms with Gasteiger partial charge >= 0.3 is 6.03 Å². The van der Waals surface area contributed by atoms with Gasteiger partial charge in [-0.3, -0.25) is 14.9 Å². The van der Waals surface area contributed by atoms with Gasteiger partial charge in [0.25, 0.3) is 11.8 Å². The molecule has 5 fully saturated rings. The monoisotopic (exact) mass is 516 g/mol. The molecule has 0 radical (unpaired) electrons. The maximum absolute atomic E-state index is 13.5. The summed E-state index contributed by atoms with van der Waals surface area (Å²) in [4.78, 5) is 40.1. The van der Waals surface area contributed by atoms with Crippen LogP contribution < -0.4 is 24.4 Å². The van der Waals surface area contributed by atoms with Crippen molar-refractivity contribution in [3.05, 3.63) is 53.1 Å². The normalized spacial score (nSPS) is 29.0. The summed E-state index contributed by atoms with van der Waals surface area (Å²) < 4.78 is 16.2. The lowest BCUT2D eigenvalue weighted by Gasteiger charge is -2.57. The number of hydrogen-bond acceptors (Lipinski definition) is 6. The number of rotatable bonds is 6. The molecular weight excluding hydrogens is 484 g/mol. The second kappa shape index (κ2) is 9.19. The fraction of sp³-hybridized carbons (Fsp3) is 0.433. The molecule has 5 aliphatic rings. The lowest BCUT2D eigenvalue weighted by atomic mass is 9.48. The van der Waals surface area contributed by atoms with E-state index in [1.807, 2.05) is 12.1 Å². The predicted octanol–water partition coefficient (Wildman–Crippen LogP) is 4.85. The SMILES string of the molecule is COc1ccc(/C=C2\C(=O)NC(=O)N(c3ccc(C45CC6CC(CC(C6)C4)C5)cc3)C2=O)c(OC)c1OC. The second-order valence-corrected chi connectivity index (χ2v) is 11.1. The van der Waals surface area contributed by atoms with Crippen LogP contribution in [0.15, 0.2) is 42.0 Å². The highest BCUT2D eigenvalue weighted by Gasteiger charge is 2.51. The quantitative estimate of drug-likeness (QED) is 0.436. The second-order valence-electron chi connectivity index (χ2n) is 11.1. The molecule has 198 valence electrons. The highest BCUT2D eigenvalue weighted by Crippen LogP contribution is 2.60. The van der Waals surface area contributed by atoms with Crippen LogP contribution in [-0.2, 0) is 15.0 Å². The molecule has 1 saturated heterocycles. The van der Waals surface area contributed by atoms with Crippen LogP contribution in [-0.4, -0.2) is 39.2 Å². The molecule has 0 aromatic heterocycles. The Bertz CT molecular complexity index is 1310. The number of nitrogens with zero attached hydrogens (tertiary/aromatic N) is 1. The van der Waals surface area contributed by atoms with E-state index in [2.05, 4.69) is 17.4 Å². The van der Waals surface area contributed by atoms with Gasteiger partial charge in [-0.2, -0.15) is 0 Å². The van der Waals surface area contributed by atoms with E-state index in [0.29, 0.717) is 28.5 Å². The Labute approximate surface area is 221 Å². The molecule has 1 aliphatic heterocycles. The third-order valence-corrected chi connectivity index (χ3v) is 8.91. The van der Waals surface area contributed by atoms with E-state index in [4.69, 9.17) is 14.2 Å².